The number of hydrogen-bond donors (Lipinski definition) is 1. The van der Waals surface area contributed by atoms with Crippen molar-refractivity contribution in [1.29, 1.82) is 0 Å². The summed E-state index contributed by atoms with van der Waals surface area (Å²) in [6.07, 6.45) is 2.33. The highest BCUT2D eigenvalue weighted by atomic mass is 19.1. The van der Waals surface area contributed by atoms with Crippen LogP contribution in [0.4, 0.5) is 4.39 Å². The summed E-state index contributed by atoms with van der Waals surface area (Å²) in [5.74, 6) is 0.758. The first-order chi connectivity index (χ1) is 11.4. The van der Waals surface area contributed by atoms with Crippen LogP contribution in [0.3, 0.4) is 0 Å². The van der Waals surface area contributed by atoms with E-state index in [9.17, 15) is 4.39 Å². The van der Waals surface area contributed by atoms with E-state index in [0.29, 0.717) is 5.41 Å². The molecule has 0 aromatic heterocycles. The molecule has 2 saturated heterocycles. The fourth-order valence-corrected chi connectivity index (χ4v) is 3.72. The first-order valence-corrected chi connectivity index (χ1v) is 8.74. The minimum Gasteiger partial charge on any atom is -0.381 e. The third-order valence-corrected chi connectivity index (χ3v) is 5.45. The molecule has 4 nitrogen and oxygen atoms in total. The molecule has 1 N–H and O–H groups in total. The molecule has 24 heavy (non-hydrogen) atoms. The highest BCUT2D eigenvalue weighted by molar-refractivity contribution is 5.80. The maximum Gasteiger partial charge on any atom is 0.193 e. The summed E-state index contributed by atoms with van der Waals surface area (Å²) in [6, 6.07) is 6.77. The van der Waals surface area contributed by atoms with Crippen LogP contribution in [0.5, 0.6) is 0 Å². The number of nitrogens with one attached hydrogen (secondary N) is 1. The lowest BCUT2D eigenvalue weighted by Crippen LogP contribution is -2.45. The van der Waals surface area contributed by atoms with Crippen LogP contribution in [0.15, 0.2) is 29.3 Å². The summed E-state index contributed by atoms with van der Waals surface area (Å²) in [6.45, 7) is 8.89. The number of halogens is 1. The standard InChI is InChI=1S/C19H28FN3O/c1-18(2,15-4-6-16(20)7-5-15)12-22-17(21-3)23-10-8-19(13-23)9-11-24-14-19/h4-7H,8-14H2,1-3H3,(H,21,22). The molecule has 0 radical (unpaired) electrons. The van der Waals surface area contributed by atoms with Crippen molar-refractivity contribution in [2.45, 2.75) is 32.1 Å². The second-order valence-corrected chi connectivity index (χ2v) is 7.77. The molecule has 1 unspecified atom stereocenters. The van der Waals surface area contributed by atoms with E-state index in [-0.39, 0.29) is 11.2 Å². The minimum atomic E-state index is -0.195. The van der Waals surface area contributed by atoms with E-state index in [2.05, 4.69) is 29.1 Å². The Morgan fingerprint density at radius 1 is 1.33 bits per heavy atom. The molecular formula is C19H28FN3O. The molecule has 1 aromatic carbocycles. The molecule has 1 aromatic rings. The van der Waals surface area contributed by atoms with Gasteiger partial charge in [0.1, 0.15) is 5.82 Å². The lowest BCUT2D eigenvalue weighted by molar-refractivity contribution is 0.156. The van der Waals surface area contributed by atoms with Crippen LogP contribution in [0.2, 0.25) is 0 Å². The molecule has 3 rings (SSSR count). The van der Waals surface area contributed by atoms with E-state index in [0.717, 1.165) is 50.8 Å². The van der Waals surface area contributed by atoms with Crippen LogP contribution in [0, 0.1) is 11.2 Å². The highest BCUT2D eigenvalue weighted by Crippen LogP contribution is 2.38. The molecule has 1 atom stereocenters. The lowest BCUT2D eigenvalue weighted by Gasteiger charge is -2.30. The molecule has 132 valence electrons. The molecular weight excluding hydrogens is 305 g/mol. The quantitative estimate of drug-likeness (QED) is 0.683. The second kappa shape index (κ2) is 6.71. The van der Waals surface area contributed by atoms with Gasteiger partial charge in [-0.1, -0.05) is 26.0 Å². The van der Waals surface area contributed by atoms with Crippen molar-refractivity contribution in [2.24, 2.45) is 10.4 Å². The Balaban J connectivity index is 1.61. The van der Waals surface area contributed by atoms with Crippen molar-refractivity contribution in [3.8, 4) is 0 Å². The van der Waals surface area contributed by atoms with Gasteiger partial charge in [0, 0.05) is 44.1 Å². The van der Waals surface area contributed by atoms with Gasteiger partial charge in [-0.25, -0.2) is 4.39 Å². The van der Waals surface area contributed by atoms with Gasteiger partial charge < -0.3 is 15.0 Å². The number of benzene rings is 1. The van der Waals surface area contributed by atoms with Gasteiger partial charge in [-0.2, -0.15) is 0 Å². The summed E-state index contributed by atoms with van der Waals surface area (Å²) in [5.41, 5.74) is 1.34. The van der Waals surface area contributed by atoms with Crippen molar-refractivity contribution < 1.29 is 9.13 Å². The van der Waals surface area contributed by atoms with Gasteiger partial charge >= 0.3 is 0 Å². The first-order valence-electron chi connectivity index (χ1n) is 8.74. The third-order valence-electron chi connectivity index (χ3n) is 5.45. The molecule has 0 amide bonds. The minimum absolute atomic E-state index is 0.0997. The molecule has 2 fully saturated rings. The second-order valence-electron chi connectivity index (χ2n) is 7.77. The van der Waals surface area contributed by atoms with Gasteiger partial charge in [-0.05, 0) is 30.5 Å². The SMILES string of the molecule is CN=C(NCC(C)(C)c1ccc(F)cc1)N1CCC2(CCOC2)C1. The van der Waals surface area contributed by atoms with E-state index in [4.69, 9.17) is 4.74 Å². The summed E-state index contributed by atoms with van der Waals surface area (Å²) in [7, 11) is 1.84. The predicted molar refractivity (Wildman–Crippen MR) is 94.8 cm³/mol. The summed E-state index contributed by atoms with van der Waals surface area (Å²) in [4.78, 5) is 6.81. The first kappa shape index (κ1) is 17.2. The smallest absolute Gasteiger partial charge is 0.193 e. The fraction of sp³-hybridized carbons (Fsp3) is 0.632. The van der Waals surface area contributed by atoms with Crippen LogP contribution >= 0.6 is 0 Å². The van der Waals surface area contributed by atoms with Gasteiger partial charge in [-0.3, -0.25) is 4.99 Å². The van der Waals surface area contributed by atoms with Crippen molar-refractivity contribution in [3.63, 3.8) is 0 Å². The Labute approximate surface area is 144 Å². The van der Waals surface area contributed by atoms with Crippen LogP contribution in [-0.4, -0.2) is 50.8 Å². The van der Waals surface area contributed by atoms with Crippen molar-refractivity contribution in [3.05, 3.63) is 35.6 Å². The topological polar surface area (TPSA) is 36.9 Å². The summed E-state index contributed by atoms with van der Waals surface area (Å²) < 4.78 is 18.7. The average molecular weight is 333 g/mol. The molecule has 5 heteroatoms. The van der Waals surface area contributed by atoms with E-state index < -0.39 is 0 Å². The Hall–Kier alpha value is -1.62. The molecule has 2 heterocycles. The Kier molecular flexibility index (Phi) is 4.81. The van der Waals surface area contributed by atoms with Crippen molar-refractivity contribution in [1.82, 2.24) is 10.2 Å². The fourth-order valence-electron chi connectivity index (χ4n) is 3.72. The Bertz CT molecular complexity index is 591. The molecule has 0 bridgehead atoms. The van der Waals surface area contributed by atoms with Crippen molar-refractivity contribution in [2.75, 3.05) is 39.9 Å². The maximum atomic E-state index is 13.1. The number of likely N-dealkylation sites (tertiary alicyclic amines) is 1. The third kappa shape index (κ3) is 3.56. The van der Waals surface area contributed by atoms with E-state index >= 15 is 0 Å². The largest absolute Gasteiger partial charge is 0.381 e. The number of ether oxygens (including phenoxy) is 1. The predicted octanol–water partition coefficient (Wildman–Crippen LogP) is 2.79. The average Bonchev–Trinajstić information content (AvgIpc) is 3.19. The number of aliphatic imine (C=N–C) groups is 1. The molecule has 2 aliphatic rings. The van der Waals surface area contributed by atoms with Crippen LogP contribution in [0.1, 0.15) is 32.3 Å². The normalized spacial score (nSPS) is 24.8. The molecule has 2 aliphatic heterocycles. The highest BCUT2D eigenvalue weighted by Gasteiger charge is 2.42. The molecule has 0 saturated carbocycles. The van der Waals surface area contributed by atoms with E-state index in [1.54, 1.807) is 0 Å². The number of guanidine groups is 1. The Morgan fingerprint density at radius 3 is 2.71 bits per heavy atom. The monoisotopic (exact) mass is 333 g/mol. The zero-order chi connectivity index (χ0) is 17.2. The van der Waals surface area contributed by atoms with Crippen LogP contribution < -0.4 is 5.32 Å². The number of hydrogen-bond acceptors (Lipinski definition) is 2. The molecule has 0 aliphatic carbocycles. The zero-order valence-corrected chi connectivity index (χ0v) is 14.9. The van der Waals surface area contributed by atoms with Gasteiger partial charge in [0.25, 0.3) is 0 Å². The van der Waals surface area contributed by atoms with E-state index in [1.165, 1.54) is 18.6 Å². The van der Waals surface area contributed by atoms with Gasteiger partial charge in [-0.15, -0.1) is 0 Å². The van der Waals surface area contributed by atoms with Crippen molar-refractivity contribution >= 4 is 5.96 Å². The summed E-state index contributed by atoms with van der Waals surface area (Å²) in [5, 5.41) is 3.51. The van der Waals surface area contributed by atoms with Gasteiger partial charge in [0.05, 0.1) is 6.61 Å². The Morgan fingerprint density at radius 2 is 2.08 bits per heavy atom. The van der Waals surface area contributed by atoms with Gasteiger partial charge in [0.15, 0.2) is 5.96 Å². The lowest BCUT2D eigenvalue weighted by atomic mass is 9.84. The van der Waals surface area contributed by atoms with Gasteiger partial charge in [0.2, 0.25) is 0 Å². The van der Waals surface area contributed by atoms with E-state index in [1.807, 2.05) is 19.2 Å². The number of rotatable bonds is 3. The van der Waals surface area contributed by atoms with Crippen LogP contribution in [0.25, 0.3) is 0 Å². The maximum absolute atomic E-state index is 13.1. The summed E-state index contributed by atoms with van der Waals surface area (Å²) >= 11 is 0. The number of nitrogens with zero attached hydrogens (tertiary/aromatic N) is 2. The van der Waals surface area contributed by atoms with Crippen LogP contribution in [-0.2, 0) is 10.2 Å². The molecule has 1 spiro atoms. The zero-order valence-electron chi connectivity index (χ0n) is 14.9.